The topological polar surface area (TPSA) is 79.2 Å². The Morgan fingerprint density at radius 1 is 1.00 bits per heavy atom. The molecule has 24 heavy (non-hydrogen) atoms. The second-order valence-corrected chi connectivity index (χ2v) is 6.62. The van der Waals surface area contributed by atoms with Crippen LogP contribution in [-0.2, 0) is 9.47 Å². The standard InChI is InChI=1S/C19H36O5/c1-2-3-4-5-6-7-8-9-10-11-12-13-23-19-16(21)15-24-17(14-20)18(19)22/h6-7,16-22H,2-5,8-15H2,1H3/b7-6+/t16-,17+,18+,19+/m1/s1. The first-order chi connectivity index (χ1) is 11.7. The highest BCUT2D eigenvalue weighted by Crippen LogP contribution is 2.19. The summed E-state index contributed by atoms with van der Waals surface area (Å²) in [7, 11) is 0. The number of rotatable bonds is 13. The molecule has 1 aliphatic heterocycles. The molecule has 5 heteroatoms. The second-order valence-electron chi connectivity index (χ2n) is 6.62. The van der Waals surface area contributed by atoms with Crippen LogP contribution in [0.4, 0.5) is 0 Å². The van der Waals surface area contributed by atoms with Crippen LogP contribution in [0.5, 0.6) is 0 Å². The number of hydrogen-bond donors (Lipinski definition) is 3. The first-order valence-corrected chi connectivity index (χ1v) is 9.55. The molecule has 0 bridgehead atoms. The Labute approximate surface area is 146 Å². The van der Waals surface area contributed by atoms with E-state index in [-0.39, 0.29) is 13.2 Å². The van der Waals surface area contributed by atoms with Crippen molar-refractivity contribution in [2.24, 2.45) is 0 Å². The SMILES string of the molecule is CCCCC/C=C/CCCCCCO[C@@H]1[C@@H](O)[C@H](CO)OC[C@H]1O. The number of hydrogen-bond acceptors (Lipinski definition) is 5. The van der Waals surface area contributed by atoms with Crippen molar-refractivity contribution < 1.29 is 24.8 Å². The molecule has 5 nitrogen and oxygen atoms in total. The molecule has 0 aromatic heterocycles. The molecule has 0 aliphatic carbocycles. The van der Waals surface area contributed by atoms with Crippen molar-refractivity contribution in [2.75, 3.05) is 19.8 Å². The summed E-state index contributed by atoms with van der Waals surface area (Å²) in [6.07, 6.45) is 12.0. The average molecular weight is 344 g/mol. The largest absolute Gasteiger partial charge is 0.394 e. The Morgan fingerprint density at radius 2 is 1.67 bits per heavy atom. The minimum absolute atomic E-state index is 0.0948. The predicted octanol–water partition coefficient (Wildman–Crippen LogP) is 2.57. The van der Waals surface area contributed by atoms with Gasteiger partial charge in [0.2, 0.25) is 0 Å². The van der Waals surface area contributed by atoms with Crippen molar-refractivity contribution in [3.05, 3.63) is 12.2 Å². The molecular formula is C19H36O5. The fourth-order valence-electron chi connectivity index (χ4n) is 2.91. The lowest BCUT2D eigenvalue weighted by atomic mass is 10.0. The fraction of sp³-hybridized carbons (Fsp3) is 0.895. The molecule has 1 heterocycles. The summed E-state index contributed by atoms with van der Waals surface area (Å²) in [5, 5.41) is 28.9. The van der Waals surface area contributed by atoms with Crippen LogP contribution in [0.25, 0.3) is 0 Å². The summed E-state index contributed by atoms with van der Waals surface area (Å²) >= 11 is 0. The normalized spacial score (nSPS) is 27.8. The first kappa shape index (κ1) is 21.6. The first-order valence-electron chi connectivity index (χ1n) is 9.55. The maximum absolute atomic E-state index is 10.00. The van der Waals surface area contributed by atoms with E-state index in [1.807, 2.05) is 0 Å². The van der Waals surface area contributed by atoms with E-state index >= 15 is 0 Å². The highest BCUT2D eigenvalue weighted by Gasteiger charge is 2.38. The van der Waals surface area contributed by atoms with Crippen LogP contribution in [0.3, 0.4) is 0 Å². The summed E-state index contributed by atoms with van der Waals surface area (Å²) in [5.41, 5.74) is 0. The molecule has 3 N–H and O–H groups in total. The van der Waals surface area contributed by atoms with Crippen molar-refractivity contribution in [1.29, 1.82) is 0 Å². The van der Waals surface area contributed by atoms with Crippen LogP contribution >= 0.6 is 0 Å². The van der Waals surface area contributed by atoms with Crippen molar-refractivity contribution in [2.45, 2.75) is 89.1 Å². The van der Waals surface area contributed by atoms with Gasteiger partial charge < -0.3 is 24.8 Å². The average Bonchev–Trinajstić information content (AvgIpc) is 2.58. The quantitative estimate of drug-likeness (QED) is 0.353. The number of aliphatic hydroxyl groups excluding tert-OH is 3. The molecule has 1 rings (SSSR count). The van der Waals surface area contributed by atoms with Crippen LogP contribution in [0.1, 0.15) is 64.7 Å². The smallest absolute Gasteiger partial charge is 0.114 e. The summed E-state index contributed by atoms with van der Waals surface area (Å²) in [6, 6.07) is 0. The van der Waals surface area contributed by atoms with Gasteiger partial charge in [-0.1, -0.05) is 44.8 Å². The Bertz CT molecular complexity index is 321. The van der Waals surface area contributed by atoms with E-state index in [9.17, 15) is 10.2 Å². The molecule has 4 atom stereocenters. The Balaban J connectivity index is 1.99. The van der Waals surface area contributed by atoms with Crippen molar-refractivity contribution in [3.63, 3.8) is 0 Å². The molecule has 0 unspecified atom stereocenters. The van der Waals surface area contributed by atoms with Crippen molar-refractivity contribution in [1.82, 2.24) is 0 Å². The molecule has 0 spiro atoms. The summed E-state index contributed by atoms with van der Waals surface area (Å²) < 4.78 is 10.8. The molecule has 0 saturated carbocycles. The molecule has 0 amide bonds. The Morgan fingerprint density at radius 3 is 2.33 bits per heavy atom. The van der Waals surface area contributed by atoms with E-state index in [0.717, 1.165) is 19.3 Å². The van der Waals surface area contributed by atoms with E-state index in [2.05, 4.69) is 19.1 Å². The lowest BCUT2D eigenvalue weighted by Gasteiger charge is -2.37. The van der Waals surface area contributed by atoms with E-state index in [0.29, 0.717) is 6.61 Å². The van der Waals surface area contributed by atoms with Crippen LogP contribution < -0.4 is 0 Å². The third kappa shape index (κ3) is 8.58. The van der Waals surface area contributed by atoms with Gasteiger partial charge in [-0.15, -0.1) is 0 Å². The minimum atomic E-state index is -0.975. The molecular weight excluding hydrogens is 308 g/mol. The third-order valence-electron chi connectivity index (χ3n) is 4.47. The van der Waals surface area contributed by atoms with E-state index in [1.54, 1.807) is 0 Å². The van der Waals surface area contributed by atoms with Crippen LogP contribution in [0, 0.1) is 0 Å². The molecule has 1 aliphatic rings. The fourth-order valence-corrected chi connectivity index (χ4v) is 2.91. The van der Waals surface area contributed by atoms with Crippen LogP contribution in [0.2, 0.25) is 0 Å². The van der Waals surface area contributed by atoms with E-state index < -0.39 is 24.4 Å². The maximum Gasteiger partial charge on any atom is 0.114 e. The van der Waals surface area contributed by atoms with Gasteiger partial charge in [-0.3, -0.25) is 0 Å². The van der Waals surface area contributed by atoms with Gasteiger partial charge in [0.25, 0.3) is 0 Å². The Kier molecular flexibility index (Phi) is 12.4. The van der Waals surface area contributed by atoms with Gasteiger partial charge in [0.05, 0.1) is 13.2 Å². The van der Waals surface area contributed by atoms with Gasteiger partial charge in [-0.2, -0.15) is 0 Å². The van der Waals surface area contributed by atoms with Gasteiger partial charge in [-0.25, -0.2) is 0 Å². The highest BCUT2D eigenvalue weighted by atomic mass is 16.6. The minimum Gasteiger partial charge on any atom is -0.394 e. The number of allylic oxidation sites excluding steroid dienone is 2. The lowest BCUT2D eigenvalue weighted by Crippen LogP contribution is -2.55. The Hall–Kier alpha value is -0.460. The van der Waals surface area contributed by atoms with Gasteiger partial charge >= 0.3 is 0 Å². The molecule has 1 fully saturated rings. The van der Waals surface area contributed by atoms with Gasteiger partial charge in [0, 0.05) is 6.61 Å². The number of aliphatic hydroxyl groups is 3. The molecule has 1 saturated heterocycles. The molecule has 142 valence electrons. The zero-order valence-corrected chi connectivity index (χ0v) is 15.1. The zero-order valence-electron chi connectivity index (χ0n) is 15.1. The van der Waals surface area contributed by atoms with Gasteiger partial charge in [0.1, 0.15) is 24.4 Å². The van der Waals surface area contributed by atoms with Crippen LogP contribution in [-0.4, -0.2) is 59.6 Å². The molecule has 0 aromatic rings. The van der Waals surface area contributed by atoms with Crippen LogP contribution in [0.15, 0.2) is 12.2 Å². The van der Waals surface area contributed by atoms with Crippen molar-refractivity contribution >= 4 is 0 Å². The van der Waals surface area contributed by atoms with E-state index in [4.69, 9.17) is 14.6 Å². The lowest BCUT2D eigenvalue weighted by molar-refractivity contribution is -0.210. The molecule has 0 aromatic carbocycles. The summed E-state index contributed by atoms with van der Waals surface area (Å²) in [5.74, 6) is 0. The van der Waals surface area contributed by atoms with Gasteiger partial charge in [-0.05, 0) is 32.1 Å². The highest BCUT2D eigenvalue weighted by molar-refractivity contribution is 4.87. The second kappa shape index (κ2) is 13.8. The summed E-state index contributed by atoms with van der Waals surface area (Å²) in [4.78, 5) is 0. The van der Waals surface area contributed by atoms with Crippen molar-refractivity contribution in [3.8, 4) is 0 Å². The number of unbranched alkanes of at least 4 members (excludes halogenated alkanes) is 7. The van der Waals surface area contributed by atoms with E-state index in [1.165, 1.54) is 38.5 Å². The number of ether oxygens (including phenoxy) is 2. The predicted molar refractivity (Wildman–Crippen MR) is 94.9 cm³/mol. The maximum atomic E-state index is 10.00. The monoisotopic (exact) mass is 344 g/mol. The molecule has 0 radical (unpaired) electrons. The zero-order chi connectivity index (χ0) is 17.6. The summed E-state index contributed by atoms with van der Waals surface area (Å²) in [6.45, 7) is 2.57. The third-order valence-corrected chi connectivity index (χ3v) is 4.47. The van der Waals surface area contributed by atoms with Gasteiger partial charge in [0.15, 0.2) is 0 Å².